The summed E-state index contributed by atoms with van der Waals surface area (Å²) in [5.74, 6) is 1.33. The highest BCUT2D eigenvalue weighted by Gasteiger charge is 2.47. The first kappa shape index (κ1) is 15.2. The van der Waals surface area contributed by atoms with Gasteiger partial charge in [0.25, 0.3) is 0 Å². The van der Waals surface area contributed by atoms with Crippen molar-refractivity contribution in [1.82, 2.24) is 9.80 Å². The summed E-state index contributed by atoms with van der Waals surface area (Å²) in [5.41, 5.74) is 1.82. The predicted octanol–water partition coefficient (Wildman–Crippen LogP) is 2.79. The number of benzene rings is 1. The first-order valence-corrected chi connectivity index (χ1v) is 8.95. The van der Waals surface area contributed by atoms with E-state index < -0.39 is 5.60 Å². The number of hydrogen-bond donors (Lipinski definition) is 1. The zero-order valence-corrected chi connectivity index (χ0v) is 14.2. The zero-order chi connectivity index (χ0) is 16.0. The van der Waals surface area contributed by atoms with E-state index in [4.69, 9.17) is 4.99 Å². The van der Waals surface area contributed by atoms with E-state index in [9.17, 15) is 5.11 Å². The van der Waals surface area contributed by atoms with Crippen LogP contribution in [-0.4, -0.2) is 52.0 Å². The molecule has 3 heterocycles. The van der Waals surface area contributed by atoms with Crippen LogP contribution in [0.1, 0.15) is 38.7 Å². The van der Waals surface area contributed by atoms with Gasteiger partial charge in [0, 0.05) is 38.1 Å². The molecule has 2 saturated heterocycles. The summed E-state index contributed by atoms with van der Waals surface area (Å²) in [4.78, 5) is 9.78. The molecule has 0 bridgehead atoms. The van der Waals surface area contributed by atoms with Gasteiger partial charge in [-0.25, -0.2) is 4.99 Å². The minimum atomic E-state index is -0.578. The lowest BCUT2D eigenvalue weighted by atomic mass is 9.78. The molecule has 3 aliphatic heterocycles. The number of para-hydroxylation sites is 1. The molecule has 1 unspecified atom stereocenters. The van der Waals surface area contributed by atoms with E-state index in [1.54, 1.807) is 0 Å². The molecule has 0 spiro atoms. The molecule has 4 rings (SSSR count). The maximum atomic E-state index is 11.3. The van der Waals surface area contributed by atoms with Gasteiger partial charge in [-0.05, 0) is 44.7 Å². The Hall–Kier alpha value is -1.39. The summed E-state index contributed by atoms with van der Waals surface area (Å²) in [5, 5.41) is 11.3. The second-order valence-electron chi connectivity index (χ2n) is 7.59. The second-order valence-corrected chi connectivity index (χ2v) is 7.59. The van der Waals surface area contributed by atoms with E-state index >= 15 is 0 Å². The number of aliphatic imine (C=N–C) groups is 1. The molecule has 0 amide bonds. The lowest BCUT2D eigenvalue weighted by molar-refractivity contribution is -0.0518. The van der Waals surface area contributed by atoms with Crippen LogP contribution in [0.3, 0.4) is 0 Å². The summed E-state index contributed by atoms with van der Waals surface area (Å²) >= 11 is 0. The van der Waals surface area contributed by atoms with Crippen LogP contribution in [0.2, 0.25) is 0 Å². The fourth-order valence-corrected chi connectivity index (χ4v) is 4.43. The van der Waals surface area contributed by atoms with Crippen molar-refractivity contribution in [3.8, 4) is 0 Å². The standard InChI is InChI=1S/C19H27N3O/c1-14(2)21-11-8-19(23,9-12-21)16-7-10-22-13-15-5-3-4-6-17(15)20-18(16)22/h3-6,14,16,23H,7-13H2,1-2H3. The number of likely N-dealkylation sites (tertiary alicyclic amines) is 1. The van der Waals surface area contributed by atoms with Crippen LogP contribution < -0.4 is 0 Å². The highest BCUT2D eigenvalue weighted by atomic mass is 16.3. The molecule has 124 valence electrons. The van der Waals surface area contributed by atoms with Crippen molar-refractivity contribution in [3.63, 3.8) is 0 Å². The van der Waals surface area contributed by atoms with Crippen molar-refractivity contribution in [2.24, 2.45) is 10.9 Å². The average Bonchev–Trinajstić information content (AvgIpc) is 2.96. The maximum absolute atomic E-state index is 11.3. The van der Waals surface area contributed by atoms with E-state index in [1.807, 2.05) is 0 Å². The van der Waals surface area contributed by atoms with Crippen molar-refractivity contribution in [3.05, 3.63) is 29.8 Å². The smallest absolute Gasteiger partial charge is 0.111 e. The molecule has 0 aliphatic carbocycles. The summed E-state index contributed by atoms with van der Waals surface area (Å²) < 4.78 is 0. The van der Waals surface area contributed by atoms with Crippen LogP contribution in [-0.2, 0) is 6.54 Å². The fraction of sp³-hybridized carbons (Fsp3) is 0.632. The Bertz CT molecular complexity index is 617. The number of rotatable bonds is 2. The van der Waals surface area contributed by atoms with E-state index in [0.29, 0.717) is 6.04 Å². The predicted molar refractivity (Wildman–Crippen MR) is 92.9 cm³/mol. The largest absolute Gasteiger partial charge is 0.389 e. The van der Waals surface area contributed by atoms with Gasteiger partial charge in [0.2, 0.25) is 0 Å². The third kappa shape index (κ3) is 2.58. The maximum Gasteiger partial charge on any atom is 0.111 e. The minimum absolute atomic E-state index is 0.199. The summed E-state index contributed by atoms with van der Waals surface area (Å²) in [6.45, 7) is 8.43. The van der Waals surface area contributed by atoms with Gasteiger partial charge in [-0.3, -0.25) is 0 Å². The molecule has 2 fully saturated rings. The SMILES string of the molecule is CC(C)N1CCC(O)(C2CCN3Cc4ccccc4N=C23)CC1. The third-order valence-electron chi connectivity index (χ3n) is 5.95. The number of piperidine rings is 1. The van der Waals surface area contributed by atoms with E-state index in [0.717, 1.165) is 57.0 Å². The van der Waals surface area contributed by atoms with Gasteiger partial charge in [-0.1, -0.05) is 18.2 Å². The first-order chi connectivity index (χ1) is 11.1. The van der Waals surface area contributed by atoms with Crippen molar-refractivity contribution in [2.45, 2.75) is 51.3 Å². The van der Waals surface area contributed by atoms with E-state index in [1.165, 1.54) is 5.56 Å². The van der Waals surface area contributed by atoms with Crippen molar-refractivity contribution in [2.75, 3.05) is 19.6 Å². The number of hydrogen-bond acceptors (Lipinski definition) is 4. The van der Waals surface area contributed by atoms with Gasteiger partial charge < -0.3 is 14.9 Å². The average molecular weight is 313 g/mol. The molecule has 0 saturated carbocycles. The topological polar surface area (TPSA) is 39.1 Å². The Morgan fingerprint density at radius 1 is 1.17 bits per heavy atom. The van der Waals surface area contributed by atoms with Gasteiger partial charge in [0.15, 0.2) is 0 Å². The molecule has 3 aliphatic rings. The monoisotopic (exact) mass is 313 g/mol. The minimum Gasteiger partial charge on any atom is -0.389 e. The number of nitrogens with zero attached hydrogens (tertiary/aromatic N) is 3. The number of amidine groups is 1. The third-order valence-corrected chi connectivity index (χ3v) is 5.95. The van der Waals surface area contributed by atoms with Crippen LogP contribution in [0.5, 0.6) is 0 Å². The van der Waals surface area contributed by atoms with Crippen LogP contribution in [0.4, 0.5) is 5.69 Å². The van der Waals surface area contributed by atoms with Crippen molar-refractivity contribution < 1.29 is 5.11 Å². The Morgan fingerprint density at radius 3 is 2.65 bits per heavy atom. The van der Waals surface area contributed by atoms with Gasteiger partial charge >= 0.3 is 0 Å². The van der Waals surface area contributed by atoms with Crippen molar-refractivity contribution in [1.29, 1.82) is 0 Å². The molecule has 0 radical (unpaired) electrons. The molecule has 1 aromatic carbocycles. The molecule has 1 aromatic rings. The van der Waals surface area contributed by atoms with Gasteiger partial charge in [-0.2, -0.15) is 0 Å². The van der Waals surface area contributed by atoms with Crippen LogP contribution in [0.25, 0.3) is 0 Å². The summed E-state index contributed by atoms with van der Waals surface area (Å²) in [6.07, 6.45) is 2.76. The Balaban J connectivity index is 1.58. The Morgan fingerprint density at radius 2 is 1.91 bits per heavy atom. The summed E-state index contributed by atoms with van der Waals surface area (Å²) in [7, 11) is 0. The number of aliphatic hydroxyl groups is 1. The van der Waals surface area contributed by atoms with E-state index in [2.05, 4.69) is 47.9 Å². The van der Waals surface area contributed by atoms with Crippen LogP contribution in [0.15, 0.2) is 29.3 Å². The Kier molecular flexibility index (Phi) is 3.69. The second kappa shape index (κ2) is 5.60. The van der Waals surface area contributed by atoms with Crippen LogP contribution >= 0.6 is 0 Å². The summed E-state index contributed by atoms with van der Waals surface area (Å²) in [6, 6.07) is 8.97. The van der Waals surface area contributed by atoms with Gasteiger partial charge in [-0.15, -0.1) is 0 Å². The first-order valence-electron chi connectivity index (χ1n) is 8.95. The molecule has 23 heavy (non-hydrogen) atoms. The highest BCUT2D eigenvalue weighted by Crippen LogP contribution is 2.41. The van der Waals surface area contributed by atoms with Gasteiger partial charge in [0.05, 0.1) is 11.3 Å². The van der Waals surface area contributed by atoms with Crippen LogP contribution in [0, 0.1) is 5.92 Å². The molecule has 1 N–H and O–H groups in total. The van der Waals surface area contributed by atoms with Crippen molar-refractivity contribution >= 4 is 11.5 Å². The normalized spacial score (nSPS) is 26.9. The zero-order valence-electron chi connectivity index (χ0n) is 14.2. The number of fused-ring (bicyclic) bond motifs is 2. The molecule has 4 nitrogen and oxygen atoms in total. The fourth-order valence-electron chi connectivity index (χ4n) is 4.43. The molecule has 1 atom stereocenters. The lowest BCUT2D eigenvalue weighted by Gasteiger charge is -2.43. The Labute approximate surface area is 138 Å². The highest BCUT2D eigenvalue weighted by molar-refractivity contribution is 5.91. The quantitative estimate of drug-likeness (QED) is 0.912. The molecule has 4 heteroatoms. The van der Waals surface area contributed by atoms with E-state index in [-0.39, 0.29) is 5.92 Å². The van der Waals surface area contributed by atoms with Gasteiger partial charge in [0.1, 0.15) is 5.84 Å². The molecular weight excluding hydrogens is 286 g/mol. The lowest BCUT2D eigenvalue weighted by Crippen LogP contribution is -2.52. The molecular formula is C19H27N3O. The molecule has 0 aromatic heterocycles.